The topological polar surface area (TPSA) is 68.5 Å². The van der Waals surface area contributed by atoms with Crippen molar-refractivity contribution in [3.8, 4) is 0 Å². The van der Waals surface area contributed by atoms with E-state index in [-0.39, 0.29) is 18.1 Å². The van der Waals surface area contributed by atoms with Crippen LogP contribution in [0.5, 0.6) is 0 Å². The lowest BCUT2D eigenvalue weighted by Gasteiger charge is -2.34. The van der Waals surface area contributed by atoms with Crippen LogP contribution >= 0.6 is 0 Å². The summed E-state index contributed by atoms with van der Waals surface area (Å²) in [7, 11) is 0. The molecule has 1 aromatic heterocycles. The molecule has 2 fully saturated rings. The van der Waals surface area contributed by atoms with Crippen LogP contribution in [0.25, 0.3) is 0 Å². The van der Waals surface area contributed by atoms with Crippen molar-refractivity contribution in [2.75, 3.05) is 13.2 Å². The molecule has 0 radical (unpaired) electrons. The third-order valence-electron chi connectivity index (χ3n) is 4.35. The third kappa shape index (κ3) is 3.32. The minimum atomic E-state index is -0.279. The first kappa shape index (κ1) is 15.5. The van der Waals surface area contributed by atoms with Gasteiger partial charge in [-0.05, 0) is 38.0 Å². The van der Waals surface area contributed by atoms with Crippen molar-refractivity contribution in [2.45, 2.75) is 64.5 Å². The molecule has 2 atom stereocenters. The first-order valence-corrected chi connectivity index (χ1v) is 8.39. The molecular weight excluding hydrogens is 282 g/mol. The highest BCUT2D eigenvalue weighted by Crippen LogP contribution is 2.32. The number of ether oxygens (including phenoxy) is 1. The van der Waals surface area contributed by atoms with Crippen LogP contribution in [-0.4, -0.2) is 40.2 Å². The molecule has 6 nitrogen and oxygen atoms in total. The van der Waals surface area contributed by atoms with Crippen molar-refractivity contribution in [3.05, 3.63) is 11.7 Å². The molecule has 6 heteroatoms. The van der Waals surface area contributed by atoms with E-state index in [9.17, 15) is 4.79 Å². The molecule has 3 rings (SSSR count). The predicted octanol–water partition coefficient (Wildman–Crippen LogP) is 2.50. The molecule has 0 N–H and O–H groups in total. The summed E-state index contributed by atoms with van der Waals surface area (Å²) in [4.78, 5) is 19.1. The van der Waals surface area contributed by atoms with Gasteiger partial charge in [0.1, 0.15) is 12.1 Å². The summed E-state index contributed by atoms with van der Waals surface area (Å²) in [6.07, 6.45) is 5.32. The van der Waals surface area contributed by atoms with Gasteiger partial charge in [-0.1, -0.05) is 19.0 Å². The van der Waals surface area contributed by atoms with E-state index in [1.165, 1.54) is 0 Å². The number of carbonyl (C=O) groups excluding carboxylic acids is 1. The molecular formula is C16H25N3O3. The summed E-state index contributed by atoms with van der Waals surface area (Å²) < 4.78 is 11.0. The second kappa shape index (κ2) is 6.77. The molecule has 0 spiro atoms. The SMILES string of the molecule is CC(C)Cc1noc([C@H]2CCCCN2C(=O)[C@@H]2CCCO2)n1. The molecule has 2 saturated heterocycles. The molecule has 2 aliphatic rings. The van der Waals surface area contributed by atoms with Gasteiger partial charge >= 0.3 is 0 Å². The van der Waals surface area contributed by atoms with Gasteiger partial charge in [-0.2, -0.15) is 4.98 Å². The monoisotopic (exact) mass is 307 g/mol. The average molecular weight is 307 g/mol. The van der Waals surface area contributed by atoms with Crippen LogP contribution in [0, 0.1) is 5.92 Å². The van der Waals surface area contributed by atoms with Crippen molar-refractivity contribution in [1.82, 2.24) is 15.0 Å². The average Bonchev–Trinajstić information content (AvgIpc) is 3.17. The predicted molar refractivity (Wildman–Crippen MR) is 80.1 cm³/mol. The first-order valence-electron chi connectivity index (χ1n) is 8.39. The zero-order valence-corrected chi connectivity index (χ0v) is 13.5. The summed E-state index contributed by atoms with van der Waals surface area (Å²) in [5.74, 6) is 1.90. The quantitative estimate of drug-likeness (QED) is 0.855. The van der Waals surface area contributed by atoms with Gasteiger partial charge in [0.05, 0.1) is 0 Å². The molecule has 0 unspecified atom stereocenters. The van der Waals surface area contributed by atoms with Gasteiger partial charge in [-0.25, -0.2) is 0 Å². The fourth-order valence-corrected chi connectivity index (χ4v) is 3.26. The van der Waals surface area contributed by atoms with Crippen LogP contribution < -0.4 is 0 Å². The van der Waals surface area contributed by atoms with Crippen molar-refractivity contribution in [3.63, 3.8) is 0 Å². The summed E-state index contributed by atoms with van der Waals surface area (Å²) >= 11 is 0. The Morgan fingerprint density at radius 1 is 1.32 bits per heavy atom. The highest BCUT2D eigenvalue weighted by Gasteiger charge is 2.36. The normalized spacial score (nSPS) is 25.9. The van der Waals surface area contributed by atoms with Crippen molar-refractivity contribution < 1.29 is 14.1 Å². The third-order valence-corrected chi connectivity index (χ3v) is 4.35. The molecule has 3 heterocycles. The smallest absolute Gasteiger partial charge is 0.252 e. The van der Waals surface area contributed by atoms with Gasteiger partial charge in [0.25, 0.3) is 5.91 Å². The lowest BCUT2D eigenvalue weighted by atomic mass is 10.0. The number of nitrogens with zero attached hydrogens (tertiary/aromatic N) is 3. The van der Waals surface area contributed by atoms with Crippen LogP contribution in [0.4, 0.5) is 0 Å². The summed E-state index contributed by atoms with van der Waals surface area (Å²) in [5, 5.41) is 4.07. The maximum absolute atomic E-state index is 12.7. The van der Waals surface area contributed by atoms with E-state index < -0.39 is 0 Å². The Hall–Kier alpha value is -1.43. The maximum Gasteiger partial charge on any atom is 0.252 e. The van der Waals surface area contributed by atoms with E-state index >= 15 is 0 Å². The van der Waals surface area contributed by atoms with Crippen LogP contribution in [0.3, 0.4) is 0 Å². The number of hydrogen-bond acceptors (Lipinski definition) is 5. The largest absolute Gasteiger partial charge is 0.368 e. The molecule has 0 bridgehead atoms. The Morgan fingerprint density at radius 2 is 2.18 bits per heavy atom. The number of rotatable bonds is 4. The van der Waals surface area contributed by atoms with Gasteiger partial charge < -0.3 is 14.2 Å². The summed E-state index contributed by atoms with van der Waals surface area (Å²) in [6.45, 7) is 5.70. The number of hydrogen-bond donors (Lipinski definition) is 0. The lowest BCUT2D eigenvalue weighted by molar-refractivity contribution is -0.145. The molecule has 22 heavy (non-hydrogen) atoms. The fraction of sp³-hybridized carbons (Fsp3) is 0.812. The van der Waals surface area contributed by atoms with Crippen LogP contribution in [-0.2, 0) is 16.0 Å². The highest BCUT2D eigenvalue weighted by molar-refractivity contribution is 5.81. The van der Waals surface area contributed by atoms with E-state index in [4.69, 9.17) is 9.26 Å². The van der Waals surface area contributed by atoms with Gasteiger partial charge in [0, 0.05) is 19.6 Å². The zero-order chi connectivity index (χ0) is 15.5. The number of piperidine rings is 1. The molecule has 0 aromatic carbocycles. The standard InChI is InChI=1S/C16H25N3O3/c1-11(2)10-14-17-15(22-18-14)12-6-3-4-8-19(12)16(20)13-7-5-9-21-13/h11-13H,3-10H2,1-2H3/t12-,13+/m1/s1. The minimum Gasteiger partial charge on any atom is -0.368 e. The van der Waals surface area contributed by atoms with Crippen LogP contribution in [0.15, 0.2) is 4.52 Å². The van der Waals surface area contributed by atoms with Gasteiger partial charge in [-0.3, -0.25) is 4.79 Å². The van der Waals surface area contributed by atoms with E-state index in [0.29, 0.717) is 18.4 Å². The Morgan fingerprint density at radius 3 is 2.91 bits per heavy atom. The Kier molecular flexibility index (Phi) is 4.76. The van der Waals surface area contributed by atoms with E-state index in [2.05, 4.69) is 24.0 Å². The van der Waals surface area contributed by atoms with Crippen molar-refractivity contribution in [2.24, 2.45) is 5.92 Å². The number of amides is 1. The van der Waals surface area contributed by atoms with Crippen LogP contribution in [0.2, 0.25) is 0 Å². The second-order valence-corrected chi connectivity index (χ2v) is 6.69. The first-order chi connectivity index (χ1) is 10.6. The molecule has 0 saturated carbocycles. The Balaban J connectivity index is 1.74. The lowest BCUT2D eigenvalue weighted by Crippen LogP contribution is -2.44. The Bertz CT molecular complexity index is 508. The molecule has 2 aliphatic heterocycles. The van der Waals surface area contributed by atoms with Gasteiger partial charge in [0.2, 0.25) is 5.89 Å². The van der Waals surface area contributed by atoms with Crippen molar-refractivity contribution in [1.29, 1.82) is 0 Å². The van der Waals surface area contributed by atoms with E-state index in [1.807, 2.05) is 4.90 Å². The Labute approximate surface area is 131 Å². The van der Waals surface area contributed by atoms with E-state index in [1.54, 1.807) is 0 Å². The summed E-state index contributed by atoms with van der Waals surface area (Å²) in [6, 6.07) is -0.0844. The minimum absolute atomic E-state index is 0.0844. The summed E-state index contributed by atoms with van der Waals surface area (Å²) in [5.41, 5.74) is 0. The molecule has 1 aromatic rings. The zero-order valence-electron chi connectivity index (χ0n) is 13.5. The van der Waals surface area contributed by atoms with Gasteiger partial charge in [0.15, 0.2) is 5.82 Å². The number of likely N-dealkylation sites (tertiary alicyclic amines) is 1. The van der Waals surface area contributed by atoms with Crippen LogP contribution in [0.1, 0.15) is 63.7 Å². The fourth-order valence-electron chi connectivity index (χ4n) is 3.26. The van der Waals surface area contributed by atoms with Crippen molar-refractivity contribution >= 4 is 5.91 Å². The molecule has 0 aliphatic carbocycles. The number of carbonyl (C=O) groups is 1. The van der Waals surface area contributed by atoms with E-state index in [0.717, 1.165) is 50.9 Å². The maximum atomic E-state index is 12.7. The molecule has 122 valence electrons. The second-order valence-electron chi connectivity index (χ2n) is 6.69. The molecule has 1 amide bonds. The number of aromatic nitrogens is 2. The highest BCUT2D eigenvalue weighted by atomic mass is 16.5. The van der Waals surface area contributed by atoms with Gasteiger partial charge in [-0.15, -0.1) is 0 Å².